The molecule has 0 saturated carbocycles. The fraction of sp³-hybridized carbons (Fsp3) is 0.800. The number of hydrogen-bond donors (Lipinski definition) is 8. The Morgan fingerprint density at radius 1 is 0.848 bits per heavy atom. The van der Waals surface area contributed by atoms with Crippen molar-refractivity contribution in [2.45, 2.75) is 67.7 Å². The number of aliphatic hydroxyl groups excluding tert-OH is 8. The lowest BCUT2D eigenvalue weighted by Crippen LogP contribution is -2.60. The van der Waals surface area contributed by atoms with Gasteiger partial charge in [-0.25, -0.2) is 0 Å². The van der Waals surface area contributed by atoms with Crippen molar-refractivity contribution in [1.29, 1.82) is 0 Å². The van der Waals surface area contributed by atoms with Gasteiger partial charge in [-0.05, 0) is 11.6 Å². The maximum atomic E-state index is 10.3. The quantitative estimate of drug-likeness (QED) is 0.170. The van der Waals surface area contributed by atoms with Gasteiger partial charge < -0.3 is 64.5 Å². The summed E-state index contributed by atoms with van der Waals surface area (Å²) in [5, 5.41) is 79.1. The van der Waals surface area contributed by atoms with E-state index in [0.717, 1.165) is 0 Å². The molecule has 1 aliphatic carbocycles. The summed E-state index contributed by atoms with van der Waals surface area (Å²) < 4.78 is 27.8. The molecule has 13 heteroatoms. The van der Waals surface area contributed by atoms with Crippen LogP contribution in [0.2, 0.25) is 0 Å². The van der Waals surface area contributed by atoms with Crippen molar-refractivity contribution in [3.05, 3.63) is 24.0 Å². The van der Waals surface area contributed by atoms with Gasteiger partial charge in [0, 0.05) is 5.92 Å². The summed E-state index contributed by atoms with van der Waals surface area (Å²) in [6, 6.07) is 0. The van der Waals surface area contributed by atoms with E-state index in [9.17, 15) is 40.9 Å². The summed E-state index contributed by atoms with van der Waals surface area (Å²) in [6.45, 7) is -1.24. The van der Waals surface area contributed by atoms with E-state index in [4.69, 9.17) is 23.7 Å². The number of rotatable bonds is 6. The molecule has 0 radical (unpaired) electrons. The van der Waals surface area contributed by atoms with Crippen molar-refractivity contribution in [3.8, 4) is 0 Å². The van der Waals surface area contributed by atoms with E-state index >= 15 is 0 Å². The van der Waals surface area contributed by atoms with Crippen LogP contribution < -0.4 is 0 Å². The van der Waals surface area contributed by atoms with Gasteiger partial charge in [-0.3, -0.25) is 0 Å². The lowest BCUT2D eigenvalue weighted by Gasteiger charge is -2.43. The summed E-state index contributed by atoms with van der Waals surface area (Å²) in [4.78, 5) is 0. The zero-order valence-corrected chi connectivity index (χ0v) is 17.5. The SMILES string of the molecule is OCC1=CC(OC2OCC(O)C(O)C2O)C2C=COC(OC3OC(CO)C(O)C(O)C3O)C12. The van der Waals surface area contributed by atoms with E-state index in [1.54, 1.807) is 12.2 Å². The molecule has 3 heterocycles. The number of ether oxygens (including phenoxy) is 5. The van der Waals surface area contributed by atoms with Crippen LogP contribution >= 0.6 is 0 Å². The van der Waals surface area contributed by atoms with E-state index in [0.29, 0.717) is 5.57 Å². The Bertz CT molecular complexity index is 729. The molecular weight excluding hydrogens is 448 g/mol. The molecule has 13 unspecified atom stereocenters. The third-order valence-electron chi connectivity index (χ3n) is 6.45. The molecule has 0 aromatic rings. The second kappa shape index (κ2) is 10.2. The van der Waals surface area contributed by atoms with Crippen LogP contribution in [0.5, 0.6) is 0 Å². The van der Waals surface area contributed by atoms with E-state index in [2.05, 4.69) is 0 Å². The molecule has 0 aromatic carbocycles. The summed E-state index contributed by atoms with van der Waals surface area (Å²) in [6.07, 6.45) is -10.1. The summed E-state index contributed by atoms with van der Waals surface area (Å²) >= 11 is 0. The summed E-state index contributed by atoms with van der Waals surface area (Å²) in [5.41, 5.74) is 0.467. The summed E-state index contributed by atoms with van der Waals surface area (Å²) in [7, 11) is 0. The maximum Gasteiger partial charge on any atom is 0.209 e. The molecule has 0 amide bonds. The number of aliphatic hydroxyl groups is 8. The minimum Gasteiger partial charge on any atom is -0.472 e. The van der Waals surface area contributed by atoms with Crippen molar-refractivity contribution in [1.82, 2.24) is 0 Å². The number of fused-ring (bicyclic) bond motifs is 1. The van der Waals surface area contributed by atoms with Gasteiger partial charge in [0.25, 0.3) is 0 Å². The lowest BCUT2D eigenvalue weighted by atomic mass is 9.88. The van der Waals surface area contributed by atoms with E-state index < -0.39 is 86.1 Å². The molecule has 188 valence electrons. The zero-order valence-electron chi connectivity index (χ0n) is 17.5. The number of hydrogen-bond acceptors (Lipinski definition) is 13. The molecule has 33 heavy (non-hydrogen) atoms. The molecular formula is C20H30O13. The molecule has 4 rings (SSSR count). The molecule has 0 aromatic heterocycles. The van der Waals surface area contributed by atoms with Crippen LogP contribution in [0.1, 0.15) is 0 Å². The van der Waals surface area contributed by atoms with Crippen LogP contribution in [-0.4, -0.2) is 128 Å². The monoisotopic (exact) mass is 478 g/mol. The van der Waals surface area contributed by atoms with Gasteiger partial charge in [0.05, 0.1) is 38.1 Å². The Kier molecular flexibility index (Phi) is 7.69. The fourth-order valence-corrected chi connectivity index (χ4v) is 4.54. The molecule has 8 N–H and O–H groups in total. The van der Waals surface area contributed by atoms with Crippen molar-refractivity contribution in [2.75, 3.05) is 19.8 Å². The largest absolute Gasteiger partial charge is 0.472 e. The Morgan fingerprint density at radius 3 is 2.27 bits per heavy atom. The third-order valence-corrected chi connectivity index (χ3v) is 6.45. The van der Waals surface area contributed by atoms with Gasteiger partial charge in [-0.15, -0.1) is 0 Å². The lowest BCUT2D eigenvalue weighted by molar-refractivity contribution is -0.340. The van der Waals surface area contributed by atoms with Gasteiger partial charge in [-0.1, -0.05) is 6.08 Å². The maximum absolute atomic E-state index is 10.3. The molecule has 3 aliphatic heterocycles. The predicted octanol–water partition coefficient (Wildman–Crippen LogP) is -4.34. The second-order valence-corrected chi connectivity index (χ2v) is 8.52. The van der Waals surface area contributed by atoms with Gasteiger partial charge in [0.2, 0.25) is 6.29 Å². The standard InChI is InChI=1S/C20H30O13/c21-4-7-3-10(31-19-16(27)13(24)9(23)6-30-19)8-1-2-29-18(12(7)8)33-20-17(28)15(26)14(25)11(5-22)32-20/h1-3,8-28H,4-6H2. The Labute approximate surface area is 188 Å². The highest BCUT2D eigenvalue weighted by molar-refractivity contribution is 5.26. The highest BCUT2D eigenvalue weighted by Crippen LogP contribution is 2.43. The second-order valence-electron chi connectivity index (χ2n) is 8.52. The minimum absolute atomic E-state index is 0.234. The first-order valence-electron chi connectivity index (χ1n) is 10.7. The molecule has 0 spiro atoms. The van der Waals surface area contributed by atoms with Crippen LogP contribution in [-0.2, 0) is 23.7 Å². The zero-order chi connectivity index (χ0) is 23.9. The molecule has 13 nitrogen and oxygen atoms in total. The highest BCUT2D eigenvalue weighted by atomic mass is 16.8. The first-order chi connectivity index (χ1) is 15.8. The first kappa shape index (κ1) is 24.9. The van der Waals surface area contributed by atoms with Crippen molar-refractivity contribution in [3.63, 3.8) is 0 Å². The normalized spacial score (nSPS) is 49.9. The van der Waals surface area contributed by atoms with Gasteiger partial charge in [0.1, 0.15) is 42.7 Å². The Hall–Kier alpha value is -1.20. The van der Waals surface area contributed by atoms with Crippen LogP contribution in [0.25, 0.3) is 0 Å². The highest BCUT2D eigenvalue weighted by Gasteiger charge is 2.50. The van der Waals surface area contributed by atoms with Crippen molar-refractivity contribution >= 4 is 0 Å². The van der Waals surface area contributed by atoms with E-state index in [-0.39, 0.29) is 13.2 Å². The van der Waals surface area contributed by atoms with Crippen LogP contribution in [0, 0.1) is 11.8 Å². The summed E-state index contributed by atoms with van der Waals surface area (Å²) in [5.74, 6) is -1.08. The molecule has 4 aliphatic rings. The smallest absolute Gasteiger partial charge is 0.209 e. The van der Waals surface area contributed by atoms with Gasteiger partial charge in [-0.2, -0.15) is 0 Å². The van der Waals surface area contributed by atoms with E-state index in [1.807, 2.05) is 0 Å². The fourth-order valence-electron chi connectivity index (χ4n) is 4.54. The molecule has 2 saturated heterocycles. The van der Waals surface area contributed by atoms with Gasteiger partial charge in [0.15, 0.2) is 12.6 Å². The molecule has 2 fully saturated rings. The topological polar surface area (TPSA) is 208 Å². The third kappa shape index (κ3) is 4.69. The van der Waals surface area contributed by atoms with Crippen molar-refractivity contribution in [2.24, 2.45) is 11.8 Å². The molecule has 13 atom stereocenters. The average Bonchev–Trinajstić information content (AvgIpc) is 3.18. The van der Waals surface area contributed by atoms with Gasteiger partial charge >= 0.3 is 0 Å². The Balaban J connectivity index is 1.47. The van der Waals surface area contributed by atoms with E-state index in [1.165, 1.54) is 6.26 Å². The average molecular weight is 478 g/mol. The Morgan fingerprint density at radius 2 is 1.58 bits per heavy atom. The van der Waals surface area contributed by atoms with Crippen LogP contribution in [0.4, 0.5) is 0 Å². The van der Waals surface area contributed by atoms with Crippen LogP contribution in [0.3, 0.4) is 0 Å². The van der Waals surface area contributed by atoms with Crippen LogP contribution in [0.15, 0.2) is 24.0 Å². The minimum atomic E-state index is -1.63. The van der Waals surface area contributed by atoms with Crippen molar-refractivity contribution < 1.29 is 64.5 Å². The predicted molar refractivity (Wildman–Crippen MR) is 104 cm³/mol. The first-order valence-corrected chi connectivity index (χ1v) is 10.7. The molecule has 0 bridgehead atoms.